The number of hydrogen-bond donors (Lipinski definition) is 1. The number of H-pyrrole nitrogens is 1. The molecule has 3 rings (SSSR count). The highest BCUT2D eigenvalue weighted by Crippen LogP contribution is 2.27. The summed E-state index contributed by atoms with van der Waals surface area (Å²) in [6.45, 7) is 5.27. The van der Waals surface area contributed by atoms with Crippen molar-refractivity contribution in [3.8, 4) is 11.5 Å². The summed E-state index contributed by atoms with van der Waals surface area (Å²) in [6, 6.07) is 7.39. The maximum atomic E-state index is 13.0. The van der Waals surface area contributed by atoms with Crippen LogP contribution in [0.15, 0.2) is 28.7 Å². The minimum atomic E-state index is -0.0243. The van der Waals surface area contributed by atoms with Gasteiger partial charge in [0.1, 0.15) is 0 Å². The number of aryl methyl sites for hydroxylation is 1. The third-order valence-corrected chi connectivity index (χ3v) is 4.67. The average molecular weight is 417 g/mol. The highest BCUT2D eigenvalue weighted by molar-refractivity contribution is 9.10. The molecule has 0 amide bonds. The summed E-state index contributed by atoms with van der Waals surface area (Å²) >= 11 is 3.42. The monoisotopic (exact) mass is 416 g/mol. The summed E-state index contributed by atoms with van der Waals surface area (Å²) in [5.41, 5.74) is 3.66. The molecule has 0 atom stereocenters. The van der Waals surface area contributed by atoms with Crippen molar-refractivity contribution >= 4 is 21.7 Å². The van der Waals surface area contributed by atoms with Crippen molar-refractivity contribution in [3.63, 3.8) is 0 Å². The van der Waals surface area contributed by atoms with Crippen molar-refractivity contribution in [3.05, 3.63) is 51.1 Å². The van der Waals surface area contributed by atoms with E-state index < -0.39 is 0 Å². The zero-order valence-corrected chi connectivity index (χ0v) is 16.8. The van der Waals surface area contributed by atoms with Crippen LogP contribution in [0.4, 0.5) is 0 Å². The van der Waals surface area contributed by atoms with Gasteiger partial charge in [0.2, 0.25) is 5.82 Å². The molecule has 0 aliphatic rings. The first-order valence-electron chi connectivity index (χ1n) is 8.29. The Morgan fingerprint density at radius 3 is 2.77 bits per heavy atom. The van der Waals surface area contributed by atoms with Crippen molar-refractivity contribution in [2.75, 3.05) is 20.6 Å². The second kappa shape index (κ2) is 7.51. The van der Waals surface area contributed by atoms with E-state index in [2.05, 4.69) is 41.2 Å². The SMILES string of the molecule is Cc1[nH]c(-c2nnn(CCN(C)C)n2)c(C)c1C(=O)c1cccc(Br)c1. The predicted octanol–water partition coefficient (Wildman–Crippen LogP) is 2.84. The van der Waals surface area contributed by atoms with Crippen LogP contribution in [0.1, 0.15) is 27.2 Å². The second-order valence-corrected chi connectivity index (χ2v) is 7.39. The van der Waals surface area contributed by atoms with Crippen LogP contribution in [0.3, 0.4) is 0 Å². The molecule has 3 aromatic rings. The zero-order chi connectivity index (χ0) is 18.8. The fourth-order valence-electron chi connectivity index (χ4n) is 2.82. The van der Waals surface area contributed by atoms with Gasteiger partial charge in [0.25, 0.3) is 0 Å². The molecule has 0 aliphatic heterocycles. The van der Waals surface area contributed by atoms with Gasteiger partial charge >= 0.3 is 0 Å². The lowest BCUT2D eigenvalue weighted by Gasteiger charge is -2.06. The first-order chi connectivity index (χ1) is 12.4. The van der Waals surface area contributed by atoms with E-state index in [0.29, 0.717) is 23.5 Å². The number of hydrogen-bond acceptors (Lipinski definition) is 5. The first kappa shape index (κ1) is 18.5. The predicted molar refractivity (Wildman–Crippen MR) is 103 cm³/mol. The molecule has 26 heavy (non-hydrogen) atoms. The van der Waals surface area contributed by atoms with Crippen LogP contribution in [0, 0.1) is 13.8 Å². The molecule has 0 saturated carbocycles. The van der Waals surface area contributed by atoms with Crippen molar-refractivity contribution < 1.29 is 4.79 Å². The molecule has 0 saturated heterocycles. The van der Waals surface area contributed by atoms with E-state index in [1.54, 1.807) is 4.80 Å². The van der Waals surface area contributed by atoms with Gasteiger partial charge in [0, 0.05) is 27.8 Å². The molecule has 0 spiro atoms. The van der Waals surface area contributed by atoms with E-state index in [0.717, 1.165) is 28.0 Å². The standard InChI is InChI=1S/C18H21BrN6O/c1-11-15(17(26)13-6-5-7-14(19)10-13)12(2)20-16(11)18-21-23-25(22-18)9-8-24(3)4/h5-7,10,20H,8-9H2,1-4H3. The summed E-state index contributed by atoms with van der Waals surface area (Å²) in [5, 5.41) is 12.7. The summed E-state index contributed by atoms with van der Waals surface area (Å²) in [5.74, 6) is 0.474. The fourth-order valence-corrected chi connectivity index (χ4v) is 3.21. The van der Waals surface area contributed by atoms with Gasteiger partial charge in [-0.15, -0.1) is 10.2 Å². The van der Waals surface area contributed by atoms with E-state index in [-0.39, 0.29) is 5.78 Å². The van der Waals surface area contributed by atoms with Crippen molar-refractivity contribution in [1.82, 2.24) is 30.1 Å². The van der Waals surface area contributed by atoms with Crippen LogP contribution in [0.25, 0.3) is 11.5 Å². The summed E-state index contributed by atoms with van der Waals surface area (Å²) in [6.07, 6.45) is 0. The maximum Gasteiger partial charge on any atom is 0.221 e. The van der Waals surface area contributed by atoms with E-state index in [1.165, 1.54) is 0 Å². The number of carbonyl (C=O) groups is 1. The number of benzene rings is 1. The third kappa shape index (κ3) is 3.76. The number of likely N-dealkylation sites (N-methyl/N-ethyl adjacent to an activating group) is 1. The number of tetrazole rings is 1. The van der Waals surface area contributed by atoms with Crippen LogP contribution in [0.2, 0.25) is 0 Å². The molecule has 0 bridgehead atoms. The van der Waals surface area contributed by atoms with Crippen molar-refractivity contribution in [2.24, 2.45) is 0 Å². The Balaban J connectivity index is 1.92. The molecule has 0 fully saturated rings. The molecule has 2 heterocycles. The highest BCUT2D eigenvalue weighted by atomic mass is 79.9. The van der Waals surface area contributed by atoms with Crippen molar-refractivity contribution in [1.29, 1.82) is 0 Å². The molecule has 8 heteroatoms. The first-order valence-corrected chi connectivity index (χ1v) is 9.08. The molecule has 0 radical (unpaired) electrons. The molecular weight excluding hydrogens is 396 g/mol. The largest absolute Gasteiger partial charge is 0.355 e. The molecular formula is C18H21BrN6O. The number of nitrogens with zero attached hydrogens (tertiary/aromatic N) is 5. The Kier molecular flexibility index (Phi) is 5.33. The van der Waals surface area contributed by atoms with Crippen LogP contribution in [-0.2, 0) is 6.54 Å². The Morgan fingerprint density at radius 1 is 1.31 bits per heavy atom. The third-order valence-electron chi connectivity index (χ3n) is 4.18. The zero-order valence-electron chi connectivity index (χ0n) is 15.2. The van der Waals surface area contributed by atoms with Gasteiger partial charge < -0.3 is 9.88 Å². The summed E-state index contributed by atoms with van der Waals surface area (Å²) in [7, 11) is 3.99. The number of aromatic nitrogens is 5. The van der Waals surface area contributed by atoms with E-state index >= 15 is 0 Å². The number of halogens is 1. The lowest BCUT2D eigenvalue weighted by molar-refractivity contribution is 0.103. The van der Waals surface area contributed by atoms with Gasteiger partial charge in [-0.3, -0.25) is 4.79 Å². The Morgan fingerprint density at radius 2 is 2.08 bits per heavy atom. The van der Waals surface area contributed by atoms with Crippen molar-refractivity contribution in [2.45, 2.75) is 20.4 Å². The van der Waals surface area contributed by atoms with E-state index in [4.69, 9.17) is 0 Å². The topological polar surface area (TPSA) is 79.7 Å². The maximum absolute atomic E-state index is 13.0. The molecule has 2 aromatic heterocycles. The van der Waals surface area contributed by atoms with Crippen LogP contribution in [0.5, 0.6) is 0 Å². The van der Waals surface area contributed by atoms with Crippen LogP contribution < -0.4 is 0 Å². The number of rotatable bonds is 6. The summed E-state index contributed by atoms with van der Waals surface area (Å²) in [4.78, 5) is 19.8. The fraction of sp³-hybridized carbons (Fsp3) is 0.333. The van der Waals surface area contributed by atoms with Gasteiger partial charge in [-0.05, 0) is 50.9 Å². The second-order valence-electron chi connectivity index (χ2n) is 6.48. The minimum absolute atomic E-state index is 0.0243. The Hall–Kier alpha value is -2.32. The Bertz CT molecular complexity index is 943. The number of nitrogens with one attached hydrogen (secondary N) is 1. The van der Waals surface area contributed by atoms with Crippen LogP contribution >= 0.6 is 15.9 Å². The van der Waals surface area contributed by atoms with Gasteiger partial charge in [0.15, 0.2) is 5.78 Å². The molecule has 7 nitrogen and oxygen atoms in total. The van der Waals surface area contributed by atoms with E-state index in [9.17, 15) is 4.79 Å². The number of carbonyl (C=O) groups excluding carboxylic acids is 1. The quantitative estimate of drug-likeness (QED) is 0.624. The molecule has 1 N–H and O–H groups in total. The lowest BCUT2D eigenvalue weighted by Crippen LogP contribution is -2.19. The Labute approximate surface area is 160 Å². The smallest absolute Gasteiger partial charge is 0.221 e. The molecule has 1 aromatic carbocycles. The molecule has 0 unspecified atom stereocenters. The average Bonchev–Trinajstić information content (AvgIpc) is 3.17. The van der Waals surface area contributed by atoms with Gasteiger partial charge in [-0.25, -0.2) is 0 Å². The number of aromatic amines is 1. The minimum Gasteiger partial charge on any atom is -0.355 e. The molecule has 136 valence electrons. The summed E-state index contributed by atoms with van der Waals surface area (Å²) < 4.78 is 0.875. The normalized spacial score (nSPS) is 11.3. The van der Waals surface area contributed by atoms with Gasteiger partial charge in [-0.1, -0.05) is 28.1 Å². The number of ketones is 1. The lowest BCUT2D eigenvalue weighted by atomic mass is 9.99. The van der Waals surface area contributed by atoms with Crippen LogP contribution in [-0.4, -0.2) is 56.5 Å². The van der Waals surface area contributed by atoms with Gasteiger partial charge in [0.05, 0.1) is 12.2 Å². The molecule has 0 aliphatic carbocycles. The highest BCUT2D eigenvalue weighted by Gasteiger charge is 2.22. The van der Waals surface area contributed by atoms with Gasteiger partial charge in [-0.2, -0.15) is 4.80 Å². The van der Waals surface area contributed by atoms with E-state index in [1.807, 2.05) is 52.2 Å².